The molecule has 0 aliphatic rings. The largest absolute Gasteiger partial charge is 0.279 e. The molecule has 1 aromatic heterocycles. The molecule has 2 N–H and O–H groups in total. The van der Waals surface area contributed by atoms with Crippen LogP contribution in [0.5, 0.6) is 0 Å². The van der Waals surface area contributed by atoms with Crippen LogP contribution in [0.25, 0.3) is 0 Å². The molecule has 0 atom stereocenters. The summed E-state index contributed by atoms with van der Waals surface area (Å²) in [6.45, 7) is 5.49. The highest BCUT2D eigenvalue weighted by Crippen LogP contribution is 2.21. The van der Waals surface area contributed by atoms with Crippen LogP contribution in [0.2, 0.25) is 0 Å². The van der Waals surface area contributed by atoms with Gasteiger partial charge in [0, 0.05) is 11.8 Å². The Kier molecular flexibility index (Phi) is 6.27. The molecule has 0 aliphatic carbocycles. The van der Waals surface area contributed by atoms with Crippen LogP contribution in [-0.2, 0) is 10.0 Å². The smallest absolute Gasteiger partial charge is 0.271 e. The maximum absolute atomic E-state index is 12.8. The van der Waals surface area contributed by atoms with Crippen molar-refractivity contribution in [2.75, 3.05) is 4.72 Å². The number of carbonyl (C=O) groups excluding carboxylic acids is 1. The fraction of sp³-hybridized carbons (Fsp3) is 0.136. The third kappa shape index (κ3) is 5.09. The van der Waals surface area contributed by atoms with Crippen molar-refractivity contribution in [1.29, 1.82) is 0 Å². The van der Waals surface area contributed by atoms with Crippen LogP contribution in [0.15, 0.2) is 76.9 Å². The van der Waals surface area contributed by atoms with E-state index in [9.17, 15) is 13.2 Å². The van der Waals surface area contributed by atoms with Crippen molar-refractivity contribution in [2.24, 2.45) is 5.10 Å². The standard InChI is InChI=1S/C22H22N4O3S/c1-15-10-11-20(16(2)13-15)26-30(28,29)19-8-6-7-18(14-19)22(27)25-24-17(3)21-9-4-5-12-23-21/h4-14,26H,1-3H3,(H,25,27)/b24-17+. The molecule has 0 unspecified atom stereocenters. The molecule has 0 fully saturated rings. The Balaban J connectivity index is 1.78. The highest BCUT2D eigenvalue weighted by Gasteiger charge is 2.17. The van der Waals surface area contributed by atoms with E-state index in [1.807, 2.05) is 32.0 Å². The molecule has 3 aromatic rings. The second kappa shape index (κ2) is 8.87. The number of anilines is 1. The van der Waals surface area contributed by atoms with Crippen LogP contribution < -0.4 is 10.1 Å². The molecule has 0 bridgehead atoms. The normalized spacial score (nSPS) is 11.8. The summed E-state index contributed by atoms with van der Waals surface area (Å²) in [5.74, 6) is -0.520. The second-order valence-electron chi connectivity index (χ2n) is 6.80. The fourth-order valence-electron chi connectivity index (χ4n) is 2.77. The number of hydrazone groups is 1. The van der Waals surface area contributed by atoms with Gasteiger partial charge in [-0.3, -0.25) is 14.5 Å². The van der Waals surface area contributed by atoms with Crippen molar-refractivity contribution in [2.45, 2.75) is 25.7 Å². The average Bonchev–Trinajstić information content (AvgIpc) is 2.74. The zero-order valence-corrected chi connectivity index (χ0v) is 17.7. The van der Waals surface area contributed by atoms with Gasteiger partial charge >= 0.3 is 0 Å². The molecular weight excluding hydrogens is 400 g/mol. The van der Waals surface area contributed by atoms with Crippen molar-refractivity contribution in [3.63, 3.8) is 0 Å². The summed E-state index contributed by atoms with van der Waals surface area (Å²) >= 11 is 0. The monoisotopic (exact) mass is 422 g/mol. The molecule has 30 heavy (non-hydrogen) atoms. The van der Waals surface area contributed by atoms with Gasteiger partial charge in [0.15, 0.2) is 0 Å². The van der Waals surface area contributed by atoms with E-state index in [-0.39, 0.29) is 10.5 Å². The summed E-state index contributed by atoms with van der Waals surface area (Å²) in [7, 11) is -3.85. The van der Waals surface area contributed by atoms with Crippen molar-refractivity contribution in [1.82, 2.24) is 10.4 Å². The lowest BCUT2D eigenvalue weighted by Crippen LogP contribution is -2.20. The van der Waals surface area contributed by atoms with E-state index >= 15 is 0 Å². The molecule has 7 nitrogen and oxygen atoms in total. The minimum absolute atomic E-state index is 0.0134. The van der Waals surface area contributed by atoms with E-state index in [4.69, 9.17) is 0 Å². The molecule has 0 radical (unpaired) electrons. The molecule has 154 valence electrons. The van der Waals surface area contributed by atoms with E-state index in [0.29, 0.717) is 17.1 Å². The minimum Gasteiger partial charge on any atom is -0.279 e. The summed E-state index contributed by atoms with van der Waals surface area (Å²) in [6, 6.07) is 16.6. The molecule has 0 spiro atoms. The Morgan fingerprint density at radius 2 is 1.80 bits per heavy atom. The molecule has 0 saturated carbocycles. The number of rotatable bonds is 6. The van der Waals surface area contributed by atoms with Gasteiger partial charge < -0.3 is 0 Å². The third-order valence-corrected chi connectivity index (χ3v) is 5.76. The highest BCUT2D eigenvalue weighted by atomic mass is 32.2. The third-order valence-electron chi connectivity index (χ3n) is 4.39. The lowest BCUT2D eigenvalue weighted by atomic mass is 10.1. The Morgan fingerprint density at radius 1 is 1.00 bits per heavy atom. The van der Waals surface area contributed by atoms with Crippen molar-refractivity contribution in [3.05, 3.63) is 89.2 Å². The van der Waals surface area contributed by atoms with Gasteiger partial charge in [-0.25, -0.2) is 13.8 Å². The number of aryl methyl sites for hydroxylation is 2. The summed E-state index contributed by atoms with van der Waals surface area (Å²) in [5.41, 5.74) is 6.12. The number of amides is 1. The van der Waals surface area contributed by atoms with Gasteiger partial charge in [-0.2, -0.15) is 5.10 Å². The topological polar surface area (TPSA) is 101 Å². The first-order chi connectivity index (χ1) is 14.3. The Hall–Kier alpha value is -3.52. The zero-order valence-electron chi connectivity index (χ0n) is 16.9. The van der Waals surface area contributed by atoms with Crippen molar-refractivity contribution in [3.8, 4) is 0 Å². The van der Waals surface area contributed by atoms with Crippen LogP contribution in [0, 0.1) is 13.8 Å². The number of hydrogen-bond acceptors (Lipinski definition) is 5. The Morgan fingerprint density at radius 3 is 2.50 bits per heavy atom. The summed E-state index contributed by atoms with van der Waals surface area (Å²) in [4.78, 5) is 16.6. The number of hydrogen-bond donors (Lipinski definition) is 2. The molecule has 8 heteroatoms. The van der Waals surface area contributed by atoms with E-state index in [2.05, 4.69) is 20.2 Å². The molecule has 1 amide bonds. The van der Waals surface area contributed by atoms with Gasteiger partial charge in [0.2, 0.25) is 0 Å². The van der Waals surface area contributed by atoms with Crippen molar-refractivity contribution >= 4 is 27.3 Å². The first-order valence-electron chi connectivity index (χ1n) is 9.22. The van der Waals surface area contributed by atoms with Gasteiger partial charge in [0.25, 0.3) is 15.9 Å². The molecule has 2 aromatic carbocycles. The number of benzene rings is 2. The molecular formula is C22H22N4O3S. The number of aromatic nitrogens is 1. The maximum atomic E-state index is 12.8. The van der Waals surface area contributed by atoms with E-state index < -0.39 is 15.9 Å². The summed E-state index contributed by atoms with van der Waals surface area (Å²) in [6.07, 6.45) is 1.63. The van der Waals surface area contributed by atoms with Gasteiger partial charge in [0.05, 0.1) is 22.0 Å². The minimum atomic E-state index is -3.85. The highest BCUT2D eigenvalue weighted by molar-refractivity contribution is 7.92. The predicted molar refractivity (Wildman–Crippen MR) is 117 cm³/mol. The van der Waals surface area contributed by atoms with E-state index in [1.54, 1.807) is 31.3 Å². The van der Waals surface area contributed by atoms with E-state index in [1.165, 1.54) is 24.3 Å². The average molecular weight is 423 g/mol. The zero-order chi connectivity index (χ0) is 21.7. The Bertz CT molecular complexity index is 1210. The summed E-state index contributed by atoms with van der Waals surface area (Å²) < 4.78 is 28.1. The van der Waals surface area contributed by atoms with Gasteiger partial charge in [-0.15, -0.1) is 0 Å². The fourth-order valence-corrected chi connectivity index (χ4v) is 3.95. The number of pyridine rings is 1. The summed E-state index contributed by atoms with van der Waals surface area (Å²) in [5, 5.41) is 4.04. The molecule has 0 saturated heterocycles. The second-order valence-corrected chi connectivity index (χ2v) is 8.49. The first kappa shape index (κ1) is 21.2. The van der Waals surface area contributed by atoms with Gasteiger partial charge in [-0.05, 0) is 62.7 Å². The lowest BCUT2D eigenvalue weighted by Gasteiger charge is -2.12. The van der Waals surface area contributed by atoms with Crippen LogP contribution in [0.1, 0.15) is 34.1 Å². The molecule has 1 heterocycles. The Labute approximate surface area is 175 Å². The first-order valence-corrected chi connectivity index (χ1v) is 10.7. The van der Waals surface area contributed by atoms with Gasteiger partial charge in [0.1, 0.15) is 0 Å². The lowest BCUT2D eigenvalue weighted by molar-refractivity contribution is 0.0954. The predicted octanol–water partition coefficient (Wildman–Crippen LogP) is 3.65. The van der Waals surface area contributed by atoms with Crippen LogP contribution in [0.4, 0.5) is 5.69 Å². The molecule has 0 aliphatic heterocycles. The number of nitrogens with one attached hydrogen (secondary N) is 2. The quantitative estimate of drug-likeness (QED) is 0.468. The van der Waals surface area contributed by atoms with Crippen LogP contribution in [0.3, 0.4) is 0 Å². The number of nitrogens with zero attached hydrogens (tertiary/aromatic N) is 2. The molecule has 3 rings (SSSR count). The number of sulfonamides is 1. The van der Waals surface area contributed by atoms with Crippen LogP contribution >= 0.6 is 0 Å². The van der Waals surface area contributed by atoms with Gasteiger partial charge in [-0.1, -0.05) is 29.8 Å². The van der Waals surface area contributed by atoms with Crippen LogP contribution in [-0.4, -0.2) is 25.0 Å². The van der Waals surface area contributed by atoms with Crippen molar-refractivity contribution < 1.29 is 13.2 Å². The van der Waals surface area contributed by atoms with E-state index in [0.717, 1.165) is 11.1 Å². The number of carbonyl (C=O) groups is 1. The maximum Gasteiger partial charge on any atom is 0.271 e. The SMILES string of the molecule is C/C(=N\NC(=O)c1cccc(S(=O)(=O)Nc2ccc(C)cc2C)c1)c1ccccn1.